The average Bonchev–Trinajstić information content (AvgIpc) is 2.29. The van der Waals surface area contributed by atoms with Gasteiger partial charge < -0.3 is 0 Å². The standard InChI is InChI=1S/C8H5Cl2NS/c1-4-2-5(9)7-6(3-4)12-8(10)11-7/h2-3H,1H3. The predicted molar refractivity (Wildman–Crippen MR) is 54.4 cm³/mol. The molecule has 1 aromatic carbocycles. The Hall–Kier alpha value is -0.310. The maximum atomic E-state index is 5.96. The van der Waals surface area contributed by atoms with Crippen molar-refractivity contribution in [1.82, 2.24) is 4.98 Å². The molecule has 12 heavy (non-hydrogen) atoms. The fraction of sp³-hybridized carbons (Fsp3) is 0.125. The van der Waals surface area contributed by atoms with Crippen LogP contribution in [0.2, 0.25) is 9.49 Å². The van der Waals surface area contributed by atoms with Crippen molar-refractivity contribution in [2.24, 2.45) is 0 Å². The number of rotatable bonds is 0. The highest BCUT2D eigenvalue weighted by Gasteiger charge is 2.05. The molecule has 0 fully saturated rings. The van der Waals surface area contributed by atoms with E-state index in [0.717, 1.165) is 15.8 Å². The van der Waals surface area contributed by atoms with Gasteiger partial charge in [-0.25, -0.2) is 4.98 Å². The monoisotopic (exact) mass is 217 g/mol. The Morgan fingerprint density at radius 2 is 2.08 bits per heavy atom. The van der Waals surface area contributed by atoms with Crippen LogP contribution in [-0.2, 0) is 0 Å². The Morgan fingerprint density at radius 3 is 2.83 bits per heavy atom. The predicted octanol–water partition coefficient (Wildman–Crippen LogP) is 3.91. The third-order valence-electron chi connectivity index (χ3n) is 1.57. The zero-order chi connectivity index (χ0) is 8.72. The van der Waals surface area contributed by atoms with Gasteiger partial charge in [-0.2, -0.15) is 0 Å². The Morgan fingerprint density at radius 1 is 1.33 bits per heavy atom. The van der Waals surface area contributed by atoms with Gasteiger partial charge in [0, 0.05) is 0 Å². The molecule has 2 aromatic rings. The minimum Gasteiger partial charge on any atom is -0.223 e. The van der Waals surface area contributed by atoms with Crippen LogP contribution in [0.4, 0.5) is 0 Å². The summed E-state index contributed by atoms with van der Waals surface area (Å²) in [5.74, 6) is 0. The molecule has 2 rings (SSSR count). The lowest BCUT2D eigenvalue weighted by atomic mass is 10.2. The van der Waals surface area contributed by atoms with Crippen LogP contribution < -0.4 is 0 Å². The Bertz CT molecular complexity index is 436. The maximum Gasteiger partial charge on any atom is 0.184 e. The van der Waals surface area contributed by atoms with Gasteiger partial charge >= 0.3 is 0 Å². The van der Waals surface area contributed by atoms with Crippen molar-refractivity contribution in [2.45, 2.75) is 6.92 Å². The van der Waals surface area contributed by atoms with Crippen LogP contribution in [0.5, 0.6) is 0 Å². The van der Waals surface area contributed by atoms with E-state index in [4.69, 9.17) is 23.2 Å². The molecule has 0 N–H and O–H groups in total. The molecule has 0 atom stereocenters. The molecule has 0 amide bonds. The van der Waals surface area contributed by atoms with Gasteiger partial charge in [-0.1, -0.05) is 23.2 Å². The van der Waals surface area contributed by atoms with Crippen molar-refractivity contribution in [2.75, 3.05) is 0 Å². The molecule has 1 heterocycles. The van der Waals surface area contributed by atoms with Gasteiger partial charge in [0.25, 0.3) is 0 Å². The highest BCUT2D eigenvalue weighted by atomic mass is 35.5. The van der Waals surface area contributed by atoms with Gasteiger partial charge in [0.2, 0.25) is 0 Å². The number of halogens is 2. The third kappa shape index (κ3) is 1.30. The van der Waals surface area contributed by atoms with Gasteiger partial charge in [-0.15, -0.1) is 11.3 Å². The summed E-state index contributed by atoms with van der Waals surface area (Å²) in [7, 11) is 0. The second kappa shape index (κ2) is 2.87. The lowest BCUT2D eigenvalue weighted by Gasteiger charge is -1.93. The highest BCUT2D eigenvalue weighted by molar-refractivity contribution is 7.22. The molecule has 1 nitrogen and oxygen atoms in total. The van der Waals surface area contributed by atoms with Crippen LogP contribution in [0.1, 0.15) is 5.56 Å². The summed E-state index contributed by atoms with van der Waals surface area (Å²) in [5.41, 5.74) is 1.94. The quantitative estimate of drug-likeness (QED) is 0.653. The fourth-order valence-corrected chi connectivity index (χ4v) is 2.61. The van der Waals surface area contributed by atoms with E-state index in [2.05, 4.69) is 4.98 Å². The number of nitrogens with zero attached hydrogens (tertiary/aromatic N) is 1. The average molecular weight is 218 g/mol. The number of thiazole rings is 1. The van der Waals surface area contributed by atoms with E-state index in [0.29, 0.717) is 9.49 Å². The van der Waals surface area contributed by atoms with E-state index < -0.39 is 0 Å². The summed E-state index contributed by atoms with van der Waals surface area (Å²) < 4.78 is 1.59. The number of hydrogen-bond acceptors (Lipinski definition) is 2. The largest absolute Gasteiger partial charge is 0.223 e. The van der Waals surface area contributed by atoms with Crippen LogP contribution in [0.15, 0.2) is 12.1 Å². The van der Waals surface area contributed by atoms with Gasteiger partial charge in [-0.3, -0.25) is 0 Å². The number of benzene rings is 1. The van der Waals surface area contributed by atoms with Gasteiger partial charge in [0.15, 0.2) is 4.47 Å². The summed E-state index contributed by atoms with van der Waals surface area (Å²) in [5, 5.41) is 0.674. The van der Waals surface area contributed by atoms with Crippen LogP contribution in [0.25, 0.3) is 10.2 Å². The zero-order valence-corrected chi connectivity index (χ0v) is 8.59. The van der Waals surface area contributed by atoms with Gasteiger partial charge in [0.05, 0.1) is 9.72 Å². The van der Waals surface area contributed by atoms with Gasteiger partial charge in [-0.05, 0) is 24.6 Å². The lowest BCUT2D eigenvalue weighted by molar-refractivity contribution is 1.46. The highest BCUT2D eigenvalue weighted by Crippen LogP contribution is 2.31. The topological polar surface area (TPSA) is 12.9 Å². The molecule has 0 aliphatic rings. The molecule has 0 bridgehead atoms. The first kappa shape index (κ1) is 8.30. The minimum absolute atomic E-state index is 0.539. The van der Waals surface area contributed by atoms with Crippen LogP contribution in [0.3, 0.4) is 0 Å². The summed E-state index contributed by atoms with van der Waals surface area (Å²) in [6, 6.07) is 3.92. The molecule has 0 saturated heterocycles. The molecule has 0 spiro atoms. The minimum atomic E-state index is 0.539. The van der Waals surface area contributed by atoms with Crippen molar-refractivity contribution in [3.05, 3.63) is 27.2 Å². The Labute approximate surface area is 83.9 Å². The van der Waals surface area contributed by atoms with Crippen molar-refractivity contribution in [3.8, 4) is 0 Å². The maximum absolute atomic E-state index is 5.96. The molecule has 0 aliphatic heterocycles. The zero-order valence-electron chi connectivity index (χ0n) is 6.27. The molecule has 62 valence electrons. The summed E-state index contributed by atoms with van der Waals surface area (Å²) in [6.07, 6.45) is 0. The summed E-state index contributed by atoms with van der Waals surface area (Å²) >= 11 is 13.2. The fourth-order valence-electron chi connectivity index (χ4n) is 1.09. The molecule has 0 unspecified atom stereocenters. The first-order chi connectivity index (χ1) is 5.66. The Balaban J connectivity index is 2.88. The van der Waals surface area contributed by atoms with E-state index in [-0.39, 0.29) is 0 Å². The number of aryl methyl sites for hydroxylation is 1. The van der Waals surface area contributed by atoms with E-state index in [9.17, 15) is 0 Å². The van der Waals surface area contributed by atoms with E-state index in [1.54, 1.807) is 0 Å². The lowest BCUT2D eigenvalue weighted by Crippen LogP contribution is -1.73. The van der Waals surface area contributed by atoms with E-state index in [1.165, 1.54) is 11.3 Å². The molecule has 4 heteroatoms. The van der Waals surface area contributed by atoms with Crippen molar-refractivity contribution >= 4 is 44.8 Å². The molecule has 0 aliphatic carbocycles. The summed E-state index contributed by atoms with van der Waals surface area (Å²) in [4.78, 5) is 4.11. The normalized spacial score (nSPS) is 10.9. The van der Waals surface area contributed by atoms with Crippen LogP contribution >= 0.6 is 34.5 Å². The van der Waals surface area contributed by atoms with Gasteiger partial charge in [0.1, 0.15) is 5.52 Å². The molecule has 0 saturated carbocycles. The second-order valence-electron chi connectivity index (χ2n) is 2.56. The number of hydrogen-bond donors (Lipinski definition) is 0. The van der Waals surface area contributed by atoms with E-state index in [1.807, 2.05) is 19.1 Å². The first-order valence-electron chi connectivity index (χ1n) is 3.39. The van der Waals surface area contributed by atoms with Crippen molar-refractivity contribution in [1.29, 1.82) is 0 Å². The summed E-state index contributed by atoms with van der Waals surface area (Å²) in [6.45, 7) is 2.00. The Kier molecular flexibility index (Phi) is 1.99. The second-order valence-corrected chi connectivity index (χ2v) is 4.58. The van der Waals surface area contributed by atoms with Crippen LogP contribution in [-0.4, -0.2) is 4.98 Å². The first-order valence-corrected chi connectivity index (χ1v) is 4.96. The SMILES string of the molecule is Cc1cc(Cl)c2nc(Cl)sc2c1. The molecule has 0 radical (unpaired) electrons. The molecular weight excluding hydrogens is 213 g/mol. The number of aromatic nitrogens is 1. The van der Waals surface area contributed by atoms with Crippen LogP contribution in [0, 0.1) is 6.92 Å². The molecule has 1 aromatic heterocycles. The van der Waals surface area contributed by atoms with Crippen molar-refractivity contribution in [3.63, 3.8) is 0 Å². The smallest absolute Gasteiger partial charge is 0.184 e. The van der Waals surface area contributed by atoms with Crippen molar-refractivity contribution < 1.29 is 0 Å². The third-order valence-corrected chi connectivity index (χ3v) is 2.96. The molecular formula is C8H5Cl2NS. The van der Waals surface area contributed by atoms with E-state index >= 15 is 0 Å². The number of fused-ring (bicyclic) bond motifs is 1.